The van der Waals surface area contributed by atoms with Crippen molar-refractivity contribution in [3.63, 3.8) is 0 Å². The van der Waals surface area contributed by atoms with Crippen molar-refractivity contribution in [1.82, 2.24) is 10.3 Å². The van der Waals surface area contributed by atoms with Gasteiger partial charge in [0.05, 0.1) is 5.69 Å². The van der Waals surface area contributed by atoms with Crippen molar-refractivity contribution < 1.29 is 4.21 Å². The van der Waals surface area contributed by atoms with Crippen LogP contribution in [0.4, 0.5) is 0 Å². The highest BCUT2D eigenvalue weighted by molar-refractivity contribution is 7.86. The molecule has 1 N–H and O–H groups in total. The van der Waals surface area contributed by atoms with E-state index in [0.717, 1.165) is 18.8 Å². The van der Waals surface area contributed by atoms with Crippen molar-refractivity contribution >= 4 is 10.8 Å². The molecule has 1 heterocycles. The average Bonchev–Trinajstić information content (AvgIpc) is 2.24. The van der Waals surface area contributed by atoms with Crippen LogP contribution in [0.2, 0.25) is 0 Å². The molecular formula is C12H20N2OS. The van der Waals surface area contributed by atoms with Crippen LogP contribution in [0.15, 0.2) is 24.4 Å². The average molecular weight is 240 g/mol. The van der Waals surface area contributed by atoms with Gasteiger partial charge in [-0.05, 0) is 32.9 Å². The fourth-order valence-corrected chi connectivity index (χ4v) is 2.13. The molecule has 1 rings (SSSR count). The Morgan fingerprint density at radius 1 is 1.38 bits per heavy atom. The Kier molecular flexibility index (Phi) is 5.09. The van der Waals surface area contributed by atoms with Gasteiger partial charge in [0.1, 0.15) is 0 Å². The summed E-state index contributed by atoms with van der Waals surface area (Å²) in [6.07, 6.45) is 1.78. The van der Waals surface area contributed by atoms with E-state index in [2.05, 4.69) is 10.3 Å². The first-order valence-corrected chi connectivity index (χ1v) is 6.81. The first kappa shape index (κ1) is 13.3. The molecule has 0 spiro atoms. The number of hydrogen-bond donors (Lipinski definition) is 1. The molecule has 4 heteroatoms. The van der Waals surface area contributed by atoms with Gasteiger partial charge in [-0.15, -0.1) is 0 Å². The lowest BCUT2D eigenvalue weighted by atomic mass is 10.3. The van der Waals surface area contributed by atoms with Gasteiger partial charge in [0.25, 0.3) is 0 Å². The van der Waals surface area contributed by atoms with Gasteiger partial charge in [0.2, 0.25) is 0 Å². The molecular weight excluding hydrogens is 220 g/mol. The Bertz CT molecular complexity index is 333. The van der Waals surface area contributed by atoms with Crippen LogP contribution in [-0.4, -0.2) is 26.2 Å². The molecule has 1 atom stereocenters. The Morgan fingerprint density at radius 3 is 2.69 bits per heavy atom. The maximum absolute atomic E-state index is 11.7. The summed E-state index contributed by atoms with van der Waals surface area (Å²) >= 11 is 0. The minimum atomic E-state index is -0.778. The van der Waals surface area contributed by atoms with Crippen LogP contribution in [0.3, 0.4) is 0 Å². The van der Waals surface area contributed by atoms with Crippen LogP contribution in [0.25, 0.3) is 0 Å². The van der Waals surface area contributed by atoms with Gasteiger partial charge in [-0.1, -0.05) is 6.07 Å². The van der Waals surface area contributed by atoms with Crippen LogP contribution in [-0.2, 0) is 17.3 Å². The predicted molar refractivity (Wildman–Crippen MR) is 68.7 cm³/mol. The van der Waals surface area contributed by atoms with Gasteiger partial charge in [0.15, 0.2) is 0 Å². The maximum Gasteiger partial charge on any atom is 0.0541 e. The number of hydrogen-bond acceptors (Lipinski definition) is 3. The fourth-order valence-electron chi connectivity index (χ4n) is 1.19. The standard InChI is InChI=1S/C12H20N2OS/c1-12(2,3)16(15)9-8-13-10-11-6-4-5-7-14-11/h4-7,13H,8-10H2,1-3H3. The zero-order chi connectivity index (χ0) is 12.0. The molecule has 16 heavy (non-hydrogen) atoms. The van der Waals surface area contributed by atoms with E-state index in [1.165, 1.54) is 0 Å². The molecule has 1 unspecified atom stereocenters. The SMILES string of the molecule is CC(C)(C)S(=O)CCNCc1ccccn1. The maximum atomic E-state index is 11.7. The van der Waals surface area contributed by atoms with Gasteiger partial charge < -0.3 is 5.32 Å². The third kappa shape index (κ3) is 4.86. The van der Waals surface area contributed by atoms with Crippen LogP contribution in [0, 0.1) is 0 Å². The zero-order valence-electron chi connectivity index (χ0n) is 10.2. The van der Waals surface area contributed by atoms with Crippen molar-refractivity contribution in [3.05, 3.63) is 30.1 Å². The molecule has 0 aliphatic carbocycles. The quantitative estimate of drug-likeness (QED) is 0.797. The number of nitrogens with one attached hydrogen (secondary N) is 1. The fraction of sp³-hybridized carbons (Fsp3) is 0.583. The van der Waals surface area contributed by atoms with E-state index in [0.29, 0.717) is 5.75 Å². The summed E-state index contributed by atoms with van der Waals surface area (Å²) in [5.74, 6) is 0.691. The van der Waals surface area contributed by atoms with Crippen molar-refractivity contribution in [1.29, 1.82) is 0 Å². The second-order valence-corrected chi connectivity index (χ2v) is 6.98. The minimum absolute atomic E-state index is 0.118. The van der Waals surface area contributed by atoms with E-state index in [1.807, 2.05) is 39.0 Å². The van der Waals surface area contributed by atoms with Gasteiger partial charge in [0, 0.05) is 40.6 Å². The molecule has 0 radical (unpaired) electrons. The van der Waals surface area contributed by atoms with Crippen molar-refractivity contribution in [2.24, 2.45) is 0 Å². The molecule has 0 aromatic carbocycles. The molecule has 0 saturated heterocycles. The number of pyridine rings is 1. The zero-order valence-corrected chi connectivity index (χ0v) is 11.0. The van der Waals surface area contributed by atoms with Gasteiger partial charge >= 0.3 is 0 Å². The first-order valence-electron chi connectivity index (χ1n) is 5.49. The van der Waals surface area contributed by atoms with E-state index in [4.69, 9.17) is 0 Å². The Balaban J connectivity index is 2.20. The van der Waals surface area contributed by atoms with Crippen LogP contribution < -0.4 is 5.32 Å². The first-order chi connectivity index (χ1) is 7.50. The molecule has 0 saturated carbocycles. The Labute approximate surface area is 100 Å². The largest absolute Gasteiger partial charge is 0.310 e. The second kappa shape index (κ2) is 6.11. The van der Waals surface area contributed by atoms with E-state index < -0.39 is 10.8 Å². The Morgan fingerprint density at radius 2 is 2.12 bits per heavy atom. The van der Waals surface area contributed by atoms with Crippen molar-refractivity contribution in [2.75, 3.05) is 12.3 Å². The van der Waals surface area contributed by atoms with Crippen molar-refractivity contribution in [2.45, 2.75) is 32.1 Å². The molecule has 0 aliphatic rings. The van der Waals surface area contributed by atoms with Crippen LogP contribution in [0.5, 0.6) is 0 Å². The monoisotopic (exact) mass is 240 g/mol. The molecule has 0 aliphatic heterocycles. The molecule has 0 bridgehead atoms. The van der Waals surface area contributed by atoms with E-state index in [1.54, 1.807) is 6.20 Å². The summed E-state index contributed by atoms with van der Waals surface area (Å²) in [6, 6.07) is 5.85. The minimum Gasteiger partial charge on any atom is -0.310 e. The summed E-state index contributed by atoms with van der Waals surface area (Å²) in [5.41, 5.74) is 1.02. The molecule has 1 aromatic rings. The van der Waals surface area contributed by atoms with E-state index >= 15 is 0 Å². The lowest BCUT2D eigenvalue weighted by Gasteiger charge is -2.17. The predicted octanol–water partition coefficient (Wildman–Crippen LogP) is 1.72. The summed E-state index contributed by atoms with van der Waals surface area (Å²) in [6.45, 7) is 7.51. The van der Waals surface area contributed by atoms with Gasteiger partial charge in [-0.25, -0.2) is 0 Å². The van der Waals surface area contributed by atoms with Crippen molar-refractivity contribution in [3.8, 4) is 0 Å². The normalized spacial score (nSPS) is 13.7. The third-order valence-electron chi connectivity index (χ3n) is 2.18. The lowest BCUT2D eigenvalue weighted by Crippen LogP contribution is -2.29. The van der Waals surface area contributed by atoms with Crippen LogP contribution >= 0.6 is 0 Å². The lowest BCUT2D eigenvalue weighted by molar-refractivity contribution is 0.639. The smallest absolute Gasteiger partial charge is 0.0541 e. The second-order valence-electron chi connectivity index (χ2n) is 4.66. The van der Waals surface area contributed by atoms with Gasteiger partial charge in [-0.2, -0.15) is 0 Å². The molecule has 3 nitrogen and oxygen atoms in total. The highest BCUT2D eigenvalue weighted by atomic mass is 32.2. The highest BCUT2D eigenvalue weighted by Crippen LogP contribution is 2.10. The summed E-state index contributed by atoms with van der Waals surface area (Å²) in [5, 5.41) is 3.25. The topological polar surface area (TPSA) is 42.0 Å². The number of nitrogens with zero attached hydrogens (tertiary/aromatic N) is 1. The summed E-state index contributed by atoms with van der Waals surface area (Å²) in [7, 11) is -0.778. The van der Waals surface area contributed by atoms with E-state index in [9.17, 15) is 4.21 Å². The van der Waals surface area contributed by atoms with Crippen LogP contribution in [0.1, 0.15) is 26.5 Å². The number of aromatic nitrogens is 1. The molecule has 90 valence electrons. The molecule has 1 aromatic heterocycles. The summed E-state index contributed by atoms with van der Waals surface area (Å²) < 4.78 is 11.6. The third-order valence-corrected chi connectivity index (χ3v) is 4.12. The Hall–Kier alpha value is -0.740. The highest BCUT2D eigenvalue weighted by Gasteiger charge is 2.18. The number of rotatable bonds is 5. The van der Waals surface area contributed by atoms with Gasteiger partial charge in [-0.3, -0.25) is 9.19 Å². The molecule has 0 fully saturated rings. The molecule has 0 amide bonds. The van der Waals surface area contributed by atoms with E-state index in [-0.39, 0.29) is 4.75 Å². The summed E-state index contributed by atoms with van der Waals surface area (Å²) in [4.78, 5) is 4.21.